The average Bonchev–Trinajstić information content (AvgIpc) is 3.48. The van der Waals surface area contributed by atoms with Gasteiger partial charge in [0.1, 0.15) is 22.9 Å². The van der Waals surface area contributed by atoms with Gasteiger partial charge in [-0.1, -0.05) is 26.5 Å². The maximum absolute atomic E-state index is 14.1. The van der Waals surface area contributed by atoms with E-state index in [2.05, 4.69) is 16.9 Å². The molecule has 0 unspecified atom stereocenters. The van der Waals surface area contributed by atoms with Crippen LogP contribution < -0.4 is 10.2 Å². The van der Waals surface area contributed by atoms with Crippen LogP contribution in [0.15, 0.2) is 64.7 Å². The number of aromatic nitrogens is 1. The van der Waals surface area contributed by atoms with Gasteiger partial charge in [-0.25, -0.2) is 14.2 Å². The highest BCUT2D eigenvalue weighted by atomic mass is 19.4. The molecule has 2 aromatic rings. The standard InChI is InChI=1S/C29H31F4N5O5/c1-6-18(29(31,32)33)13-20(17(4)30)24(39)35-23(16(2)3)25(40)37-11-9-28(10-12-37)26(41)36(5)27(42)38(28)19-7-8-22-21(14-19)34-15-43-22/h6-8,13-16,23H,4,9-12H2,1-3,5H3,(H,35,39)/b18-6+,20-13+/t23-/m1/s1. The molecule has 230 valence electrons. The van der Waals surface area contributed by atoms with Crippen LogP contribution in [0.2, 0.25) is 0 Å². The number of fused-ring (bicyclic) bond motifs is 1. The fourth-order valence-electron chi connectivity index (χ4n) is 5.39. The summed E-state index contributed by atoms with van der Waals surface area (Å²) in [5.74, 6) is -4.15. The number of nitrogens with one attached hydrogen (secondary N) is 1. The van der Waals surface area contributed by atoms with Crippen molar-refractivity contribution in [2.24, 2.45) is 5.92 Å². The highest BCUT2D eigenvalue weighted by Crippen LogP contribution is 2.41. The van der Waals surface area contributed by atoms with E-state index in [0.717, 1.165) is 11.8 Å². The molecule has 5 amide bonds. The predicted molar refractivity (Wildman–Crippen MR) is 148 cm³/mol. The Morgan fingerprint density at radius 3 is 2.40 bits per heavy atom. The third-order valence-electron chi connectivity index (χ3n) is 7.78. The van der Waals surface area contributed by atoms with Crippen molar-refractivity contribution >= 4 is 40.5 Å². The van der Waals surface area contributed by atoms with Crippen LogP contribution in [0.3, 0.4) is 0 Å². The number of anilines is 1. The third-order valence-corrected chi connectivity index (χ3v) is 7.78. The van der Waals surface area contributed by atoms with Crippen LogP contribution in [0.4, 0.5) is 28.0 Å². The monoisotopic (exact) mass is 605 g/mol. The Bertz CT molecular complexity index is 1530. The van der Waals surface area contributed by atoms with Crippen molar-refractivity contribution in [1.82, 2.24) is 20.1 Å². The molecular weight excluding hydrogens is 574 g/mol. The quantitative estimate of drug-likeness (QED) is 0.213. The summed E-state index contributed by atoms with van der Waals surface area (Å²) < 4.78 is 59.1. The topological polar surface area (TPSA) is 116 Å². The van der Waals surface area contributed by atoms with Crippen LogP contribution in [0.25, 0.3) is 11.1 Å². The number of benzene rings is 1. The molecule has 3 heterocycles. The van der Waals surface area contributed by atoms with Crippen LogP contribution in [-0.2, 0) is 14.4 Å². The maximum Gasteiger partial charge on any atom is 0.416 e. The summed E-state index contributed by atoms with van der Waals surface area (Å²) in [6.07, 6.45) is -2.40. The molecule has 14 heteroatoms. The fraction of sp³-hybridized carbons (Fsp3) is 0.414. The van der Waals surface area contributed by atoms with Crippen molar-refractivity contribution in [1.29, 1.82) is 0 Å². The number of rotatable bonds is 7. The van der Waals surface area contributed by atoms with Crippen LogP contribution in [-0.4, -0.2) is 76.4 Å². The number of alkyl halides is 3. The van der Waals surface area contributed by atoms with E-state index >= 15 is 0 Å². The lowest BCUT2D eigenvalue weighted by Crippen LogP contribution is -2.60. The van der Waals surface area contributed by atoms with Crippen LogP contribution in [0, 0.1) is 5.92 Å². The van der Waals surface area contributed by atoms with Gasteiger partial charge in [0, 0.05) is 25.8 Å². The number of hydrogen-bond acceptors (Lipinski definition) is 6. The second kappa shape index (κ2) is 11.7. The van der Waals surface area contributed by atoms with E-state index in [1.807, 2.05) is 0 Å². The number of nitrogens with zero attached hydrogens (tertiary/aromatic N) is 4. The van der Waals surface area contributed by atoms with E-state index in [0.29, 0.717) is 28.9 Å². The van der Waals surface area contributed by atoms with Gasteiger partial charge in [0.15, 0.2) is 12.0 Å². The lowest BCUT2D eigenvalue weighted by molar-refractivity contribution is -0.140. The van der Waals surface area contributed by atoms with Gasteiger partial charge >= 0.3 is 12.2 Å². The van der Waals surface area contributed by atoms with Gasteiger partial charge in [0.25, 0.3) is 11.8 Å². The zero-order valence-electron chi connectivity index (χ0n) is 24.0. The van der Waals surface area contributed by atoms with Crippen molar-refractivity contribution in [3.8, 4) is 0 Å². The molecule has 0 saturated carbocycles. The number of amides is 5. The number of piperidine rings is 1. The Hall–Kier alpha value is -4.49. The van der Waals surface area contributed by atoms with Crippen molar-refractivity contribution in [3.63, 3.8) is 0 Å². The van der Waals surface area contributed by atoms with Gasteiger partial charge in [-0.05, 0) is 50.0 Å². The van der Waals surface area contributed by atoms with E-state index in [9.17, 15) is 36.7 Å². The molecule has 0 radical (unpaired) electrons. The van der Waals surface area contributed by atoms with E-state index < -0.39 is 64.4 Å². The second-order valence-corrected chi connectivity index (χ2v) is 10.7. The van der Waals surface area contributed by atoms with Crippen molar-refractivity contribution in [3.05, 3.63) is 60.3 Å². The van der Waals surface area contributed by atoms with Gasteiger partial charge < -0.3 is 14.6 Å². The maximum atomic E-state index is 14.1. The molecule has 4 rings (SSSR count). The summed E-state index contributed by atoms with van der Waals surface area (Å²) in [6.45, 7) is 7.36. The SMILES string of the molecule is C=C(F)/C(=C\C(=C/C)C(F)(F)F)C(=O)N[C@@H](C(=O)N1CCC2(CC1)C(=O)N(C)C(=O)N2c1ccc2ocnc2c1)C(C)C. The molecule has 10 nitrogen and oxygen atoms in total. The van der Waals surface area contributed by atoms with Crippen molar-refractivity contribution in [2.45, 2.75) is 51.4 Å². The first-order valence-corrected chi connectivity index (χ1v) is 13.5. The molecule has 1 aromatic carbocycles. The number of oxazole rings is 1. The summed E-state index contributed by atoms with van der Waals surface area (Å²) in [7, 11) is 1.38. The summed E-state index contributed by atoms with van der Waals surface area (Å²) in [5, 5.41) is 2.36. The Balaban J connectivity index is 1.55. The first-order chi connectivity index (χ1) is 20.1. The first kappa shape index (κ1) is 31.4. The number of carbonyl (C=O) groups is 4. The normalized spacial score (nSPS) is 18.7. The van der Waals surface area contributed by atoms with Gasteiger partial charge in [-0.3, -0.25) is 24.2 Å². The number of urea groups is 1. The first-order valence-electron chi connectivity index (χ1n) is 13.5. The molecule has 2 aliphatic rings. The summed E-state index contributed by atoms with van der Waals surface area (Å²) in [6, 6.07) is 3.15. The van der Waals surface area contributed by atoms with Crippen LogP contribution >= 0.6 is 0 Å². The van der Waals surface area contributed by atoms with Crippen LogP contribution in [0.1, 0.15) is 33.6 Å². The van der Waals surface area contributed by atoms with Gasteiger partial charge in [0.05, 0.1) is 11.1 Å². The molecule has 1 N–H and O–H groups in total. The van der Waals surface area contributed by atoms with E-state index in [-0.39, 0.29) is 25.9 Å². The number of imide groups is 1. The Morgan fingerprint density at radius 1 is 1.19 bits per heavy atom. The van der Waals surface area contributed by atoms with Crippen molar-refractivity contribution < 1.29 is 41.2 Å². The lowest BCUT2D eigenvalue weighted by Gasteiger charge is -2.43. The van der Waals surface area contributed by atoms with Gasteiger partial charge in [0.2, 0.25) is 5.91 Å². The minimum Gasteiger partial charge on any atom is -0.443 e. The highest BCUT2D eigenvalue weighted by Gasteiger charge is 2.58. The largest absolute Gasteiger partial charge is 0.443 e. The fourth-order valence-corrected chi connectivity index (χ4v) is 5.39. The van der Waals surface area contributed by atoms with E-state index in [4.69, 9.17) is 4.42 Å². The minimum atomic E-state index is -4.84. The molecule has 43 heavy (non-hydrogen) atoms. The van der Waals surface area contributed by atoms with E-state index in [1.54, 1.807) is 32.0 Å². The van der Waals surface area contributed by atoms with Crippen LogP contribution in [0.5, 0.6) is 0 Å². The lowest BCUT2D eigenvalue weighted by atomic mass is 9.85. The Kier molecular flexibility index (Phi) is 8.52. The molecule has 1 spiro atoms. The number of likely N-dealkylation sites (N-methyl/N-ethyl adjacent to an activating group) is 1. The molecule has 2 fully saturated rings. The summed E-state index contributed by atoms with van der Waals surface area (Å²) >= 11 is 0. The Labute approximate surface area is 244 Å². The molecule has 2 saturated heterocycles. The molecule has 0 aliphatic carbocycles. The summed E-state index contributed by atoms with van der Waals surface area (Å²) in [5.41, 5.74) is -2.06. The second-order valence-electron chi connectivity index (χ2n) is 10.7. The number of hydrogen-bond donors (Lipinski definition) is 1. The smallest absolute Gasteiger partial charge is 0.416 e. The molecule has 1 atom stereocenters. The van der Waals surface area contributed by atoms with E-state index in [1.165, 1.54) is 23.2 Å². The molecular formula is C29H31F4N5O5. The van der Waals surface area contributed by atoms with Gasteiger partial charge in [-0.2, -0.15) is 13.2 Å². The summed E-state index contributed by atoms with van der Waals surface area (Å²) in [4.78, 5) is 61.1. The third kappa shape index (κ3) is 5.77. The zero-order chi connectivity index (χ0) is 31.9. The Morgan fingerprint density at radius 2 is 1.84 bits per heavy atom. The average molecular weight is 606 g/mol. The number of allylic oxidation sites excluding steroid dienone is 3. The van der Waals surface area contributed by atoms with Gasteiger partial charge in [-0.15, -0.1) is 0 Å². The minimum absolute atomic E-state index is 0.0306. The number of likely N-dealkylation sites (tertiary alicyclic amines) is 1. The zero-order valence-corrected chi connectivity index (χ0v) is 24.0. The number of halogens is 4. The predicted octanol–water partition coefficient (Wildman–Crippen LogP) is 4.65. The number of carbonyl (C=O) groups excluding carboxylic acids is 4. The highest BCUT2D eigenvalue weighted by molar-refractivity contribution is 6.17. The molecule has 1 aromatic heterocycles. The van der Waals surface area contributed by atoms with Crippen molar-refractivity contribution in [2.75, 3.05) is 25.0 Å². The molecule has 2 aliphatic heterocycles. The molecule has 0 bridgehead atoms.